The molecule has 1 aliphatic heterocycles. The molecule has 1 heterocycles. The predicted octanol–water partition coefficient (Wildman–Crippen LogP) is 0.967. The van der Waals surface area contributed by atoms with Crippen molar-refractivity contribution in [3.8, 4) is 0 Å². The Bertz CT molecular complexity index is 246. The third-order valence-corrected chi connectivity index (χ3v) is 3.76. The number of hydrogen-bond acceptors (Lipinski definition) is 4. The maximum absolute atomic E-state index is 11.0. The highest BCUT2D eigenvalue weighted by Crippen LogP contribution is 2.29. The SMILES string of the molecule is COC(=O)CCCN1CCN(CC2CC2)CC1. The standard InChI is InChI=1S/C13H24N2O2/c1-17-13(16)3-2-6-14-7-9-15(10-8-14)11-12-4-5-12/h12H,2-11H2,1H3. The van der Waals surface area contributed by atoms with Crippen LogP contribution in [-0.2, 0) is 9.53 Å². The zero-order chi connectivity index (χ0) is 12.1. The van der Waals surface area contributed by atoms with Crippen LogP contribution in [0.25, 0.3) is 0 Å². The van der Waals surface area contributed by atoms with Gasteiger partial charge >= 0.3 is 5.97 Å². The lowest BCUT2D eigenvalue weighted by Crippen LogP contribution is -2.47. The van der Waals surface area contributed by atoms with Crippen LogP contribution in [0.4, 0.5) is 0 Å². The molecule has 4 nitrogen and oxygen atoms in total. The van der Waals surface area contributed by atoms with Gasteiger partial charge in [-0.25, -0.2) is 0 Å². The van der Waals surface area contributed by atoms with Crippen LogP contribution in [0.15, 0.2) is 0 Å². The summed E-state index contributed by atoms with van der Waals surface area (Å²) in [5.41, 5.74) is 0. The number of piperazine rings is 1. The molecule has 1 saturated carbocycles. The van der Waals surface area contributed by atoms with Crippen LogP contribution >= 0.6 is 0 Å². The lowest BCUT2D eigenvalue weighted by atomic mass is 10.2. The molecule has 0 aromatic heterocycles. The summed E-state index contributed by atoms with van der Waals surface area (Å²) < 4.78 is 4.64. The second-order valence-corrected chi connectivity index (χ2v) is 5.27. The average Bonchev–Trinajstić information content (AvgIpc) is 3.15. The topological polar surface area (TPSA) is 32.8 Å². The van der Waals surface area contributed by atoms with E-state index in [-0.39, 0.29) is 5.97 Å². The number of methoxy groups -OCH3 is 1. The second kappa shape index (κ2) is 6.36. The Hall–Kier alpha value is -0.610. The summed E-state index contributed by atoms with van der Waals surface area (Å²) in [6.45, 7) is 7.08. The molecular formula is C13H24N2O2. The van der Waals surface area contributed by atoms with Crippen LogP contribution in [0, 0.1) is 5.92 Å². The number of carbonyl (C=O) groups is 1. The molecule has 0 aromatic carbocycles. The molecule has 0 aromatic rings. The number of ether oxygens (including phenoxy) is 1. The zero-order valence-electron chi connectivity index (χ0n) is 10.9. The van der Waals surface area contributed by atoms with E-state index in [0.717, 1.165) is 32.0 Å². The fraction of sp³-hybridized carbons (Fsp3) is 0.923. The Kier molecular flexibility index (Phi) is 4.80. The fourth-order valence-corrected chi connectivity index (χ4v) is 2.41. The molecule has 0 unspecified atom stereocenters. The van der Waals surface area contributed by atoms with Crippen molar-refractivity contribution in [3.63, 3.8) is 0 Å². The van der Waals surface area contributed by atoms with Crippen LogP contribution in [-0.4, -0.2) is 62.1 Å². The van der Waals surface area contributed by atoms with Gasteiger partial charge in [-0.1, -0.05) is 0 Å². The summed E-state index contributed by atoms with van der Waals surface area (Å²) in [5.74, 6) is 0.915. The highest BCUT2D eigenvalue weighted by Gasteiger charge is 2.26. The van der Waals surface area contributed by atoms with Crippen LogP contribution < -0.4 is 0 Å². The zero-order valence-corrected chi connectivity index (χ0v) is 10.9. The van der Waals surface area contributed by atoms with E-state index in [9.17, 15) is 4.79 Å². The maximum Gasteiger partial charge on any atom is 0.305 e. The summed E-state index contributed by atoms with van der Waals surface area (Å²) in [4.78, 5) is 16.0. The Labute approximate surface area is 104 Å². The van der Waals surface area contributed by atoms with Crippen LogP contribution in [0.1, 0.15) is 25.7 Å². The summed E-state index contributed by atoms with van der Waals surface area (Å²) in [6.07, 6.45) is 4.37. The first-order valence-electron chi connectivity index (χ1n) is 6.79. The smallest absolute Gasteiger partial charge is 0.305 e. The van der Waals surface area contributed by atoms with Gasteiger partial charge in [0, 0.05) is 39.1 Å². The van der Waals surface area contributed by atoms with Crippen molar-refractivity contribution in [2.45, 2.75) is 25.7 Å². The van der Waals surface area contributed by atoms with Crippen LogP contribution in [0.2, 0.25) is 0 Å². The molecule has 17 heavy (non-hydrogen) atoms. The number of hydrogen-bond donors (Lipinski definition) is 0. The molecular weight excluding hydrogens is 216 g/mol. The van der Waals surface area contributed by atoms with Gasteiger partial charge in [0.1, 0.15) is 0 Å². The van der Waals surface area contributed by atoms with Crippen LogP contribution in [0.3, 0.4) is 0 Å². The largest absolute Gasteiger partial charge is 0.469 e. The molecule has 1 aliphatic carbocycles. The molecule has 0 N–H and O–H groups in total. The molecule has 0 amide bonds. The molecule has 98 valence electrons. The minimum atomic E-state index is -0.0858. The van der Waals surface area contributed by atoms with E-state index >= 15 is 0 Å². The van der Waals surface area contributed by atoms with Crippen molar-refractivity contribution in [1.82, 2.24) is 9.80 Å². The van der Waals surface area contributed by atoms with Gasteiger partial charge in [0.15, 0.2) is 0 Å². The van der Waals surface area contributed by atoms with E-state index in [4.69, 9.17) is 0 Å². The fourth-order valence-electron chi connectivity index (χ4n) is 2.41. The molecule has 0 radical (unpaired) electrons. The molecule has 2 rings (SSSR count). The summed E-state index contributed by atoms with van der Waals surface area (Å²) in [5, 5.41) is 0. The van der Waals surface area contributed by atoms with Gasteiger partial charge in [0.05, 0.1) is 7.11 Å². The van der Waals surface area contributed by atoms with Gasteiger partial charge in [-0.15, -0.1) is 0 Å². The van der Waals surface area contributed by atoms with Crippen molar-refractivity contribution in [2.75, 3.05) is 46.4 Å². The predicted molar refractivity (Wildman–Crippen MR) is 66.9 cm³/mol. The molecule has 2 fully saturated rings. The Balaban J connectivity index is 1.53. The molecule has 1 saturated heterocycles. The number of carbonyl (C=O) groups excluding carboxylic acids is 1. The Morgan fingerprint density at radius 2 is 1.82 bits per heavy atom. The number of rotatable bonds is 6. The van der Waals surface area contributed by atoms with Gasteiger partial charge in [0.2, 0.25) is 0 Å². The molecule has 0 spiro atoms. The van der Waals surface area contributed by atoms with Gasteiger partial charge < -0.3 is 14.5 Å². The van der Waals surface area contributed by atoms with E-state index < -0.39 is 0 Å². The molecule has 2 aliphatic rings. The minimum absolute atomic E-state index is 0.0858. The third kappa shape index (κ3) is 4.64. The first-order chi connectivity index (χ1) is 8.28. The Morgan fingerprint density at radius 1 is 1.18 bits per heavy atom. The van der Waals surface area contributed by atoms with E-state index in [1.54, 1.807) is 0 Å². The van der Waals surface area contributed by atoms with Gasteiger partial charge in [-0.2, -0.15) is 0 Å². The third-order valence-electron chi connectivity index (χ3n) is 3.76. The van der Waals surface area contributed by atoms with Gasteiger partial charge in [0.25, 0.3) is 0 Å². The van der Waals surface area contributed by atoms with Crippen molar-refractivity contribution in [1.29, 1.82) is 0 Å². The monoisotopic (exact) mass is 240 g/mol. The summed E-state index contributed by atoms with van der Waals surface area (Å²) >= 11 is 0. The van der Waals surface area contributed by atoms with E-state index in [0.29, 0.717) is 6.42 Å². The van der Waals surface area contributed by atoms with Crippen molar-refractivity contribution in [3.05, 3.63) is 0 Å². The lowest BCUT2D eigenvalue weighted by Gasteiger charge is -2.34. The van der Waals surface area contributed by atoms with Gasteiger partial charge in [-0.05, 0) is 31.7 Å². The number of esters is 1. The quantitative estimate of drug-likeness (QED) is 0.648. The van der Waals surface area contributed by atoms with Crippen LogP contribution in [0.5, 0.6) is 0 Å². The van der Waals surface area contributed by atoms with Crippen molar-refractivity contribution in [2.24, 2.45) is 5.92 Å². The highest BCUT2D eigenvalue weighted by atomic mass is 16.5. The first-order valence-corrected chi connectivity index (χ1v) is 6.79. The number of nitrogens with zero attached hydrogens (tertiary/aromatic N) is 2. The average molecular weight is 240 g/mol. The van der Waals surface area contributed by atoms with Gasteiger partial charge in [-0.3, -0.25) is 4.79 Å². The Morgan fingerprint density at radius 3 is 2.41 bits per heavy atom. The van der Waals surface area contributed by atoms with E-state index in [1.165, 1.54) is 39.6 Å². The highest BCUT2D eigenvalue weighted by molar-refractivity contribution is 5.69. The van der Waals surface area contributed by atoms with Crippen molar-refractivity contribution < 1.29 is 9.53 Å². The lowest BCUT2D eigenvalue weighted by molar-refractivity contribution is -0.140. The normalized spacial score (nSPS) is 22.6. The molecule has 4 heteroatoms. The summed E-state index contributed by atoms with van der Waals surface area (Å²) in [7, 11) is 1.46. The second-order valence-electron chi connectivity index (χ2n) is 5.27. The summed E-state index contributed by atoms with van der Waals surface area (Å²) in [6, 6.07) is 0. The molecule has 0 atom stereocenters. The van der Waals surface area contributed by atoms with Crippen molar-refractivity contribution >= 4 is 5.97 Å². The minimum Gasteiger partial charge on any atom is -0.469 e. The van der Waals surface area contributed by atoms with E-state index in [2.05, 4.69) is 14.5 Å². The van der Waals surface area contributed by atoms with E-state index in [1.807, 2.05) is 0 Å². The first kappa shape index (κ1) is 12.8. The maximum atomic E-state index is 11.0. The molecule has 0 bridgehead atoms.